The van der Waals surface area contributed by atoms with E-state index in [2.05, 4.69) is 18.7 Å². The summed E-state index contributed by atoms with van der Waals surface area (Å²) in [6, 6.07) is 0. The summed E-state index contributed by atoms with van der Waals surface area (Å²) in [5, 5.41) is 0.416. The van der Waals surface area contributed by atoms with Gasteiger partial charge >= 0.3 is 0 Å². The summed E-state index contributed by atoms with van der Waals surface area (Å²) in [5.74, 6) is 0.675. The Balaban J connectivity index is 1.83. The van der Waals surface area contributed by atoms with Crippen molar-refractivity contribution in [3.05, 3.63) is 0 Å². The molecule has 120 valence electrons. The molecule has 2 unspecified atom stereocenters. The highest BCUT2D eigenvalue weighted by atomic mass is 35.5. The Labute approximate surface area is 132 Å². The Morgan fingerprint density at radius 2 is 1.45 bits per heavy atom. The van der Waals surface area contributed by atoms with E-state index < -0.39 is 0 Å². The van der Waals surface area contributed by atoms with Crippen LogP contribution >= 0.6 is 11.6 Å². The molecule has 0 saturated carbocycles. The van der Waals surface area contributed by atoms with Crippen LogP contribution in [0, 0.1) is 5.92 Å². The molecule has 1 saturated heterocycles. The van der Waals surface area contributed by atoms with Gasteiger partial charge in [0.2, 0.25) is 0 Å². The second-order valence-corrected chi connectivity index (χ2v) is 7.33. The zero-order valence-electron chi connectivity index (χ0n) is 13.9. The van der Waals surface area contributed by atoms with E-state index in [1.807, 2.05) is 0 Å². The van der Waals surface area contributed by atoms with Gasteiger partial charge in [-0.25, -0.2) is 0 Å². The van der Waals surface area contributed by atoms with Crippen LogP contribution in [0.4, 0.5) is 0 Å². The minimum Gasteiger partial charge on any atom is -0.303 e. The van der Waals surface area contributed by atoms with Crippen molar-refractivity contribution in [1.82, 2.24) is 4.90 Å². The molecule has 0 aliphatic carbocycles. The molecular formula is C18H36ClN. The lowest BCUT2D eigenvalue weighted by molar-refractivity contribution is 0.184. The first kappa shape index (κ1) is 18.3. The average molecular weight is 302 g/mol. The number of hydrogen-bond acceptors (Lipinski definition) is 1. The molecule has 1 aliphatic rings. The third-order valence-electron chi connectivity index (χ3n) is 4.71. The van der Waals surface area contributed by atoms with Crippen LogP contribution in [0.15, 0.2) is 0 Å². The van der Waals surface area contributed by atoms with Crippen molar-refractivity contribution in [2.75, 3.05) is 19.6 Å². The number of unbranched alkanes of at least 4 members (excludes halogenated alkanes) is 9. The number of halogens is 1. The van der Waals surface area contributed by atoms with Gasteiger partial charge in [0.25, 0.3) is 0 Å². The molecule has 0 aromatic heterocycles. The maximum Gasteiger partial charge on any atom is 0.0386 e. The highest BCUT2D eigenvalue weighted by Crippen LogP contribution is 2.22. The van der Waals surface area contributed by atoms with Gasteiger partial charge in [-0.1, -0.05) is 71.6 Å². The van der Waals surface area contributed by atoms with Gasteiger partial charge in [0.05, 0.1) is 0 Å². The maximum absolute atomic E-state index is 6.27. The van der Waals surface area contributed by atoms with Gasteiger partial charge in [-0.05, 0) is 31.8 Å². The molecule has 0 bridgehead atoms. The molecule has 1 fully saturated rings. The number of rotatable bonds is 11. The monoisotopic (exact) mass is 301 g/mol. The third kappa shape index (κ3) is 8.52. The van der Waals surface area contributed by atoms with Crippen LogP contribution in [0.5, 0.6) is 0 Å². The van der Waals surface area contributed by atoms with Crippen molar-refractivity contribution in [3.8, 4) is 0 Å². The Hall–Kier alpha value is 0.250. The van der Waals surface area contributed by atoms with Crippen molar-refractivity contribution >= 4 is 11.6 Å². The molecule has 0 aromatic rings. The minimum atomic E-state index is 0.416. The summed E-state index contributed by atoms with van der Waals surface area (Å²) in [7, 11) is 0. The summed E-state index contributed by atoms with van der Waals surface area (Å²) in [6.07, 6.45) is 15.5. The number of hydrogen-bond donors (Lipinski definition) is 0. The zero-order chi connectivity index (χ0) is 14.6. The molecule has 2 atom stereocenters. The molecule has 1 aliphatic heterocycles. The smallest absolute Gasteiger partial charge is 0.0386 e. The van der Waals surface area contributed by atoms with Gasteiger partial charge in [0.1, 0.15) is 0 Å². The van der Waals surface area contributed by atoms with Crippen molar-refractivity contribution in [2.24, 2.45) is 5.92 Å². The van der Waals surface area contributed by atoms with Gasteiger partial charge in [-0.3, -0.25) is 0 Å². The summed E-state index contributed by atoms with van der Waals surface area (Å²) in [4.78, 5) is 2.62. The fourth-order valence-corrected chi connectivity index (χ4v) is 3.41. The Bertz CT molecular complexity index is 219. The fourth-order valence-electron chi connectivity index (χ4n) is 3.23. The van der Waals surface area contributed by atoms with Crippen LogP contribution in [-0.4, -0.2) is 29.9 Å². The summed E-state index contributed by atoms with van der Waals surface area (Å²) in [6.45, 7) is 8.31. The van der Waals surface area contributed by atoms with E-state index in [1.54, 1.807) is 0 Å². The zero-order valence-corrected chi connectivity index (χ0v) is 14.6. The first-order valence-corrected chi connectivity index (χ1v) is 9.54. The lowest BCUT2D eigenvalue weighted by Crippen LogP contribution is -2.40. The molecule has 0 radical (unpaired) electrons. The molecule has 0 amide bonds. The summed E-state index contributed by atoms with van der Waals surface area (Å²) >= 11 is 6.27. The van der Waals surface area contributed by atoms with Crippen LogP contribution < -0.4 is 0 Å². The van der Waals surface area contributed by atoms with Gasteiger partial charge in [-0.2, -0.15) is 0 Å². The summed E-state index contributed by atoms with van der Waals surface area (Å²) in [5.41, 5.74) is 0. The second kappa shape index (κ2) is 11.9. The Kier molecular flexibility index (Phi) is 10.9. The van der Waals surface area contributed by atoms with E-state index in [1.165, 1.54) is 90.3 Å². The van der Waals surface area contributed by atoms with Crippen LogP contribution in [0.3, 0.4) is 0 Å². The minimum absolute atomic E-state index is 0.416. The Morgan fingerprint density at radius 1 is 0.900 bits per heavy atom. The largest absolute Gasteiger partial charge is 0.303 e. The van der Waals surface area contributed by atoms with Gasteiger partial charge in [0, 0.05) is 11.9 Å². The van der Waals surface area contributed by atoms with Crippen molar-refractivity contribution in [2.45, 2.75) is 89.9 Å². The average Bonchev–Trinajstić information content (AvgIpc) is 2.45. The SMILES string of the molecule is CCCCCCCCCCCCN1CCC(Cl)C(C)C1. The van der Waals surface area contributed by atoms with Gasteiger partial charge in [-0.15, -0.1) is 11.6 Å². The van der Waals surface area contributed by atoms with Gasteiger partial charge < -0.3 is 4.90 Å². The third-order valence-corrected chi connectivity index (χ3v) is 5.36. The molecule has 2 heteroatoms. The molecule has 0 aromatic carbocycles. The topological polar surface area (TPSA) is 3.24 Å². The van der Waals surface area contributed by atoms with Crippen LogP contribution in [0.2, 0.25) is 0 Å². The number of nitrogens with zero attached hydrogens (tertiary/aromatic N) is 1. The lowest BCUT2D eigenvalue weighted by atomic mass is 9.99. The molecule has 0 spiro atoms. The highest BCUT2D eigenvalue weighted by molar-refractivity contribution is 6.20. The molecule has 1 heterocycles. The molecular weight excluding hydrogens is 266 g/mol. The molecule has 0 N–H and O–H groups in total. The second-order valence-electron chi connectivity index (χ2n) is 6.76. The molecule has 1 rings (SSSR count). The van der Waals surface area contributed by atoms with Crippen LogP contribution in [-0.2, 0) is 0 Å². The predicted molar refractivity (Wildman–Crippen MR) is 91.7 cm³/mol. The standard InChI is InChI=1S/C18H36ClN/c1-3-4-5-6-7-8-9-10-11-12-14-20-15-13-18(19)17(2)16-20/h17-18H,3-16H2,1-2H3. The predicted octanol–water partition coefficient (Wildman–Crippen LogP) is 5.86. The lowest BCUT2D eigenvalue weighted by Gasteiger charge is -2.34. The van der Waals surface area contributed by atoms with E-state index in [-0.39, 0.29) is 0 Å². The highest BCUT2D eigenvalue weighted by Gasteiger charge is 2.23. The Morgan fingerprint density at radius 3 is 2.00 bits per heavy atom. The quantitative estimate of drug-likeness (QED) is 0.341. The molecule has 1 nitrogen and oxygen atoms in total. The maximum atomic E-state index is 6.27. The van der Waals surface area contributed by atoms with Gasteiger partial charge in [0.15, 0.2) is 0 Å². The van der Waals surface area contributed by atoms with Crippen molar-refractivity contribution < 1.29 is 0 Å². The van der Waals surface area contributed by atoms with E-state index in [9.17, 15) is 0 Å². The first-order chi connectivity index (χ1) is 9.74. The van der Waals surface area contributed by atoms with Crippen LogP contribution in [0.1, 0.15) is 84.5 Å². The number of alkyl halides is 1. The van der Waals surface area contributed by atoms with E-state index in [4.69, 9.17) is 11.6 Å². The molecule has 20 heavy (non-hydrogen) atoms. The van der Waals surface area contributed by atoms with E-state index in [0.717, 1.165) is 0 Å². The first-order valence-electron chi connectivity index (χ1n) is 9.10. The van der Waals surface area contributed by atoms with E-state index in [0.29, 0.717) is 11.3 Å². The van der Waals surface area contributed by atoms with Crippen molar-refractivity contribution in [3.63, 3.8) is 0 Å². The normalized spacial score (nSPS) is 24.1. The van der Waals surface area contributed by atoms with Crippen LogP contribution in [0.25, 0.3) is 0 Å². The fraction of sp³-hybridized carbons (Fsp3) is 1.00. The summed E-state index contributed by atoms with van der Waals surface area (Å²) < 4.78 is 0. The van der Waals surface area contributed by atoms with Crippen molar-refractivity contribution in [1.29, 1.82) is 0 Å². The number of likely N-dealkylation sites (tertiary alicyclic amines) is 1. The van der Waals surface area contributed by atoms with E-state index >= 15 is 0 Å². The number of piperidine rings is 1.